The summed E-state index contributed by atoms with van der Waals surface area (Å²) in [7, 11) is 3.91. The van der Waals surface area contributed by atoms with E-state index in [0.717, 1.165) is 11.3 Å². The molecule has 4 aromatic rings. The summed E-state index contributed by atoms with van der Waals surface area (Å²) in [6.07, 6.45) is 4.62. The van der Waals surface area contributed by atoms with Crippen LogP contribution in [0, 0.1) is 0 Å². The number of H-pyrrole nitrogens is 1. The summed E-state index contributed by atoms with van der Waals surface area (Å²) in [4.78, 5) is 35.1. The fourth-order valence-corrected chi connectivity index (χ4v) is 3.62. The molecule has 0 saturated carbocycles. The summed E-state index contributed by atoms with van der Waals surface area (Å²) in [5, 5.41) is 1.23. The lowest BCUT2D eigenvalue weighted by Gasteiger charge is -2.15. The van der Waals surface area contributed by atoms with Crippen molar-refractivity contribution in [2.75, 3.05) is 19.0 Å². The van der Waals surface area contributed by atoms with Gasteiger partial charge in [-0.3, -0.25) is 14.6 Å². The number of aromatic amines is 1. The topological polar surface area (TPSA) is 66.1 Å². The molecule has 1 N–H and O–H groups in total. The van der Waals surface area contributed by atoms with Crippen LogP contribution in [0.4, 0.5) is 5.69 Å². The van der Waals surface area contributed by atoms with Gasteiger partial charge in [0, 0.05) is 47.5 Å². The molecule has 0 aliphatic heterocycles. The molecule has 0 unspecified atom stereocenters. The fourth-order valence-electron chi connectivity index (χ4n) is 3.45. The Morgan fingerprint density at radius 1 is 1.06 bits per heavy atom. The van der Waals surface area contributed by atoms with E-state index in [1.54, 1.807) is 42.6 Å². The molecule has 2 aromatic heterocycles. The number of carbonyl (C=O) groups is 1. The maximum absolute atomic E-state index is 13.2. The first-order valence-electron chi connectivity index (χ1n) is 9.71. The second-order valence-electron chi connectivity index (χ2n) is 7.29. The summed E-state index contributed by atoms with van der Waals surface area (Å²) in [6.45, 7) is 0. The zero-order valence-corrected chi connectivity index (χ0v) is 17.9. The Hall–Kier alpha value is -3.70. The van der Waals surface area contributed by atoms with Crippen molar-refractivity contribution in [1.82, 2.24) is 9.97 Å². The van der Waals surface area contributed by atoms with Gasteiger partial charge in [-0.1, -0.05) is 29.8 Å². The molecule has 4 rings (SSSR count). The second-order valence-corrected chi connectivity index (χ2v) is 7.72. The lowest BCUT2D eigenvalue weighted by Crippen LogP contribution is -2.18. The number of fused-ring (bicyclic) bond motifs is 1. The third-order valence-corrected chi connectivity index (χ3v) is 5.22. The number of allylic oxidation sites excluding steroid dienone is 1. The highest BCUT2D eigenvalue weighted by molar-refractivity contribution is 6.31. The molecule has 0 radical (unpaired) electrons. The van der Waals surface area contributed by atoms with Gasteiger partial charge in [0.05, 0.1) is 11.3 Å². The van der Waals surface area contributed by atoms with E-state index in [0.29, 0.717) is 27.2 Å². The average Bonchev–Trinajstić information content (AvgIpc) is 2.77. The van der Waals surface area contributed by atoms with Crippen molar-refractivity contribution in [3.05, 3.63) is 99.6 Å². The summed E-state index contributed by atoms with van der Waals surface area (Å²) in [5.74, 6) is -0.402. The van der Waals surface area contributed by atoms with Crippen molar-refractivity contribution < 1.29 is 4.79 Å². The zero-order valence-electron chi connectivity index (χ0n) is 17.1. The van der Waals surface area contributed by atoms with E-state index >= 15 is 0 Å². The number of hydrogen-bond donors (Lipinski definition) is 1. The summed E-state index contributed by atoms with van der Waals surface area (Å²) in [6, 6.07) is 18.3. The Labute approximate surface area is 184 Å². The van der Waals surface area contributed by atoms with Crippen LogP contribution in [-0.4, -0.2) is 29.8 Å². The van der Waals surface area contributed by atoms with Gasteiger partial charge in [-0.25, -0.2) is 0 Å². The molecule has 2 heterocycles. The first kappa shape index (κ1) is 20.6. The van der Waals surface area contributed by atoms with E-state index in [9.17, 15) is 9.59 Å². The number of pyridine rings is 2. The summed E-state index contributed by atoms with van der Waals surface area (Å²) in [5.41, 5.74) is 3.20. The van der Waals surface area contributed by atoms with E-state index in [-0.39, 0.29) is 5.56 Å². The van der Waals surface area contributed by atoms with Gasteiger partial charge in [0.25, 0.3) is 5.56 Å². The van der Waals surface area contributed by atoms with Crippen LogP contribution in [0.5, 0.6) is 0 Å². The zero-order chi connectivity index (χ0) is 22.0. The lowest BCUT2D eigenvalue weighted by atomic mass is 9.93. The smallest absolute Gasteiger partial charge is 0.260 e. The first-order chi connectivity index (χ1) is 14.9. The highest BCUT2D eigenvalue weighted by Crippen LogP contribution is 2.32. The average molecular weight is 430 g/mol. The number of ketones is 1. The number of halogens is 1. The minimum atomic E-state index is -0.447. The van der Waals surface area contributed by atoms with E-state index < -0.39 is 11.3 Å². The number of benzene rings is 2. The molecule has 0 spiro atoms. The highest BCUT2D eigenvalue weighted by atomic mass is 35.5. The molecule has 6 heteroatoms. The molecule has 0 aliphatic carbocycles. The second kappa shape index (κ2) is 8.58. The number of anilines is 1. The Balaban J connectivity index is 1.93. The van der Waals surface area contributed by atoms with Gasteiger partial charge in [0.1, 0.15) is 0 Å². The van der Waals surface area contributed by atoms with Crippen molar-refractivity contribution in [3.63, 3.8) is 0 Å². The minimum absolute atomic E-state index is 0.0690. The maximum atomic E-state index is 13.2. The van der Waals surface area contributed by atoms with Gasteiger partial charge in [-0.2, -0.15) is 0 Å². The molecular formula is C25H20ClN3O2. The van der Waals surface area contributed by atoms with Gasteiger partial charge in [0.15, 0.2) is 5.78 Å². The van der Waals surface area contributed by atoms with Crippen molar-refractivity contribution in [2.24, 2.45) is 0 Å². The minimum Gasteiger partial charge on any atom is -0.378 e. The van der Waals surface area contributed by atoms with E-state index in [1.165, 1.54) is 6.08 Å². The maximum Gasteiger partial charge on any atom is 0.260 e. The monoisotopic (exact) mass is 429 g/mol. The van der Waals surface area contributed by atoms with Crippen LogP contribution < -0.4 is 10.5 Å². The molecule has 0 saturated heterocycles. The third-order valence-electron chi connectivity index (χ3n) is 4.99. The molecule has 154 valence electrons. The first-order valence-corrected chi connectivity index (χ1v) is 10.1. The number of carbonyl (C=O) groups excluding carboxylic acids is 1. The van der Waals surface area contributed by atoms with Crippen LogP contribution in [-0.2, 0) is 0 Å². The van der Waals surface area contributed by atoms with Gasteiger partial charge in [0.2, 0.25) is 0 Å². The number of nitrogens with one attached hydrogen (secondary N) is 1. The van der Waals surface area contributed by atoms with Crippen LogP contribution >= 0.6 is 11.6 Å². The Morgan fingerprint density at radius 2 is 1.84 bits per heavy atom. The van der Waals surface area contributed by atoms with Crippen LogP contribution in [0.1, 0.15) is 16.1 Å². The summed E-state index contributed by atoms with van der Waals surface area (Å²) >= 11 is 6.25. The van der Waals surface area contributed by atoms with E-state index in [4.69, 9.17) is 11.6 Å². The summed E-state index contributed by atoms with van der Waals surface area (Å²) < 4.78 is 0. The molecule has 31 heavy (non-hydrogen) atoms. The molecule has 0 bridgehead atoms. The van der Waals surface area contributed by atoms with Crippen molar-refractivity contribution in [3.8, 4) is 11.1 Å². The van der Waals surface area contributed by atoms with Gasteiger partial charge in [-0.15, -0.1) is 0 Å². The van der Waals surface area contributed by atoms with Crippen LogP contribution in [0.2, 0.25) is 5.02 Å². The number of aromatic nitrogens is 2. The van der Waals surface area contributed by atoms with Crippen molar-refractivity contribution in [2.45, 2.75) is 0 Å². The number of nitrogens with zero attached hydrogens (tertiary/aromatic N) is 2. The molecular weight excluding hydrogens is 410 g/mol. The molecule has 5 nitrogen and oxygen atoms in total. The van der Waals surface area contributed by atoms with Crippen LogP contribution in [0.25, 0.3) is 28.1 Å². The predicted molar refractivity (Wildman–Crippen MR) is 127 cm³/mol. The van der Waals surface area contributed by atoms with E-state index in [1.807, 2.05) is 49.3 Å². The van der Waals surface area contributed by atoms with Gasteiger partial charge >= 0.3 is 0 Å². The molecule has 0 amide bonds. The molecule has 0 aliphatic rings. The Kier molecular flexibility index (Phi) is 5.69. The normalized spacial score (nSPS) is 11.2. The van der Waals surface area contributed by atoms with Gasteiger partial charge < -0.3 is 9.88 Å². The predicted octanol–water partition coefficient (Wildman–Crippen LogP) is 5.21. The lowest BCUT2D eigenvalue weighted by molar-refractivity contribution is 0.104. The van der Waals surface area contributed by atoms with Crippen molar-refractivity contribution >= 4 is 40.1 Å². The Morgan fingerprint density at radius 3 is 2.52 bits per heavy atom. The fraction of sp³-hybridized carbons (Fsp3) is 0.0800. The quantitative estimate of drug-likeness (QED) is 0.349. The van der Waals surface area contributed by atoms with Gasteiger partial charge in [-0.05, 0) is 60.2 Å². The largest absolute Gasteiger partial charge is 0.378 e. The highest BCUT2D eigenvalue weighted by Gasteiger charge is 2.19. The molecule has 2 aromatic carbocycles. The van der Waals surface area contributed by atoms with E-state index in [2.05, 4.69) is 9.97 Å². The SMILES string of the molecule is CN(C)c1ccc(-c2c(C(=O)/C=C/c3ccccn3)c(=O)[nH]c3ccc(Cl)cc23)cc1. The molecule has 0 fully saturated rings. The standard InChI is InChI=1S/C25H20ClN3O2/c1-29(2)19-10-6-16(7-11-19)23-20-15-17(26)8-12-21(20)28-25(31)24(23)22(30)13-9-18-5-3-4-14-27-18/h3-15H,1-2H3,(H,28,31)/b13-9+. The van der Waals surface area contributed by atoms with Crippen LogP contribution in [0.3, 0.4) is 0 Å². The van der Waals surface area contributed by atoms with Crippen molar-refractivity contribution in [1.29, 1.82) is 0 Å². The Bertz CT molecular complexity index is 1340. The van der Waals surface area contributed by atoms with Crippen LogP contribution in [0.15, 0.2) is 77.7 Å². The molecule has 0 atom stereocenters. The third kappa shape index (κ3) is 4.27. The number of rotatable bonds is 5. The number of hydrogen-bond acceptors (Lipinski definition) is 4.